The number of thiazole rings is 1. The highest BCUT2D eigenvalue weighted by Crippen LogP contribution is 2.36. The standard InChI is InChI=1S/C22H17F3N2OS2/c1-13-8-14(2)20(30(28)12-22(23,24)25)10-17(13)15-5-6-18-19(9-15)29-21(27-18)16-4-3-7-26-11-16/h3-11H,12H2,1-2H3. The van der Waals surface area contributed by atoms with Gasteiger partial charge in [-0.3, -0.25) is 4.98 Å². The van der Waals surface area contributed by atoms with E-state index < -0.39 is 23.1 Å². The predicted molar refractivity (Wildman–Crippen MR) is 115 cm³/mol. The molecule has 0 saturated carbocycles. The first-order valence-corrected chi connectivity index (χ1v) is 11.2. The molecular weight excluding hydrogens is 429 g/mol. The lowest BCUT2D eigenvalue weighted by Crippen LogP contribution is -2.23. The van der Waals surface area contributed by atoms with Gasteiger partial charge in [-0.15, -0.1) is 11.3 Å². The molecule has 4 aromatic rings. The van der Waals surface area contributed by atoms with Crippen LogP contribution in [-0.2, 0) is 11.2 Å². The van der Waals surface area contributed by atoms with Gasteiger partial charge in [0.05, 0.1) is 10.2 Å². The van der Waals surface area contributed by atoms with E-state index in [1.807, 2.05) is 37.3 Å². The molecule has 30 heavy (non-hydrogen) atoms. The van der Waals surface area contributed by atoms with Crippen LogP contribution < -0.4 is 0 Å². The maximum absolute atomic E-state index is 12.7. The normalized spacial score (nSPS) is 13.0. The molecule has 0 fully saturated rings. The molecule has 0 aliphatic carbocycles. The van der Waals surface area contributed by atoms with E-state index in [9.17, 15) is 17.7 Å². The Morgan fingerprint density at radius 1 is 1.03 bits per heavy atom. The van der Waals surface area contributed by atoms with Gasteiger partial charge in [-0.25, -0.2) is 4.98 Å². The highest BCUT2D eigenvalue weighted by molar-refractivity contribution is 7.91. The van der Waals surface area contributed by atoms with Crippen molar-refractivity contribution in [3.8, 4) is 21.7 Å². The van der Waals surface area contributed by atoms with Gasteiger partial charge in [-0.2, -0.15) is 13.2 Å². The summed E-state index contributed by atoms with van der Waals surface area (Å²) >= 11 is -0.620. The summed E-state index contributed by atoms with van der Waals surface area (Å²) in [4.78, 5) is 8.99. The van der Waals surface area contributed by atoms with Gasteiger partial charge >= 0.3 is 6.18 Å². The molecular formula is C22H17F3N2OS2. The van der Waals surface area contributed by atoms with Crippen molar-refractivity contribution < 1.29 is 17.7 Å². The molecule has 2 aromatic carbocycles. The molecule has 0 N–H and O–H groups in total. The van der Waals surface area contributed by atoms with Crippen LogP contribution in [-0.4, -0.2) is 26.4 Å². The molecule has 0 spiro atoms. The lowest BCUT2D eigenvalue weighted by molar-refractivity contribution is -0.106. The molecule has 154 valence electrons. The quantitative estimate of drug-likeness (QED) is 0.345. The lowest BCUT2D eigenvalue weighted by atomic mass is 9.98. The molecule has 2 aromatic heterocycles. The average Bonchev–Trinajstić information content (AvgIpc) is 3.10. The maximum Gasteiger partial charge on any atom is 0.433 e. The highest BCUT2D eigenvalue weighted by atomic mass is 32.2. The van der Waals surface area contributed by atoms with Crippen LogP contribution in [0, 0.1) is 13.8 Å². The van der Waals surface area contributed by atoms with Crippen molar-refractivity contribution in [2.24, 2.45) is 0 Å². The highest BCUT2D eigenvalue weighted by Gasteiger charge is 2.36. The number of fused-ring (bicyclic) bond motifs is 1. The molecule has 0 bridgehead atoms. The molecule has 0 saturated heterocycles. The van der Waals surface area contributed by atoms with E-state index in [1.54, 1.807) is 31.5 Å². The van der Waals surface area contributed by atoms with Crippen molar-refractivity contribution in [1.82, 2.24) is 9.97 Å². The topological polar surface area (TPSA) is 48.8 Å². The predicted octanol–water partition coefficient (Wildman–Crippen LogP) is 6.31. The molecule has 2 heterocycles. The van der Waals surface area contributed by atoms with Crippen LogP contribution in [0.4, 0.5) is 13.2 Å². The number of nitrogens with zero attached hydrogens (tertiary/aromatic N) is 2. The van der Waals surface area contributed by atoms with Gasteiger partial charge in [-0.1, -0.05) is 12.1 Å². The van der Waals surface area contributed by atoms with Crippen LogP contribution in [0.5, 0.6) is 0 Å². The van der Waals surface area contributed by atoms with Gasteiger partial charge in [0.2, 0.25) is 5.75 Å². The second-order valence-electron chi connectivity index (χ2n) is 6.98. The van der Waals surface area contributed by atoms with Crippen LogP contribution in [0.3, 0.4) is 0 Å². The monoisotopic (exact) mass is 446 g/mol. The van der Waals surface area contributed by atoms with Crippen molar-refractivity contribution in [2.75, 3.05) is 5.75 Å². The Balaban J connectivity index is 1.75. The van der Waals surface area contributed by atoms with Gasteiger partial charge in [0.25, 0.3) is 0 Å². The lowest BCUT2D eigenvalue weighted by Gasteiger charge is -2.17. The van der Waals surface area contributed by atoms with Gasteiger partial charge < -0.3 is 4.55 Å². The van der Waals surface area contributed by atoms with E-state index in [4.69, 9.17) is 0 Å². The van der Waals surface area contributed by atoms with E-state index in [1.165, 1.54) is 11.3 Å². The first kappa shape index (κ1) is 20.8. The Labute approximate surface area is 178 Å². The third-order valence-corrected chi connectivity index (χ3v) is 7.26. The molecule has 1 atom stereocenters. The van der Waals surface area contributed by atoms with Crippen LogP contribution in [0.25, 0.3) is 31.9 Å². The number of halogens is 3. The van der Waals surface area contributed by atoms with Crippen LogP contribution in [0.2, 0.25) is 0 Å². The van der Waals surface area contributed by atoms with Gasteiger partial charge in [-0.05, 0) is 66.0 Å². The number of benzene rings is 2. The number of aromatic nitrogens is 2. The summed E-state index contributed by atoms with van der Waals surface area (Å²) in [6.45, 7) is 3.59. The van der Waals surface area contributed by atoms with E-state index in [2.05, 4.69) is 9.97 Å². The van der Waals surface area contributed by atoms with Crippen molar-refractivity contribution in [2.45, 2.75) is 24.9 Å². The van der Waals surface area contributed by atoms with E-state index >= 15 is 0 Å². The number of alkyl halides is 3. The summed E-state index contributed by atoms with van der Waals surface area (Å²) in [6.07, 6.45) is -1.02. The first-order valence-electron chi connectivity index (χ1n) is 9.09. The van der Waals surface area contributed by atoms with Crippen molar-refractivity contribution in [3.05, 3.63) is 66.0 Å². The number of hydrogen-bond donors (Lipinski definition) is 0. The van der Waals surface area contributed by atoms with Crippen molar-refractivity contribution in [1.29, 1.82) is 0 Å². The molecule has 0 aliphatic rings. The molecule has 3 nitrogen and oxygen atoms in total. The zero-order chi connectivity index (χ0) is 21.5. The Bertz CT molecular complexity index is 1210. The van der Waals surface area contributed by atoms with Crippen LogP contribution in [0.1, 0.15) is 11.1 Å². The van der Waals surface area contributed by atoms with Gasteiger partial charge in [0.15, 0.2) is 4.90 Å². The maximum atomic E-state index is 12.7. The third kappa shape index (κ3) is 4.35. The minimum absolute atomic E-state index is 0.216. The summed E-state index contributed by atoms with van der Waals surface area (Å²) in [7, 11) is 0. The number of rotatable bonds is 4. The van der Waals surface area contributed by atoms with Crippen molar-refractivity contribution in [3.63, 3.8) is 0 Å². The summed E-state index contributed by atoms with van der Waals surface area (Å²) in [5.41, 5.74) is 4.90. The van der Waals surface area contributed by atoms with Crippen LogP contribution in [0.15, 0.2) is 59.8 Å². The van der Waals surface area contributed by atoms with Crippen molar-refractivity contribution >= 4 is 32.7 Å². The number of pyridine rings is 1. The molecule has 0 aliphatic heterocycles. The average molecular weight is 447 g/mol. The summed E-state index contributed by atoms with van der Waals surface area (Å²) in [5.74, 6) is -1.35. The Morgan fingerprint density at radius 2 is 1.83 bits per heavy atom. The fourth-order valence-corrected chi connectivity index (χ4v) is 5.44. The summed E-state index contributed by atoms with van der Waals surface area (Å²) in [5, 5.41) is 0.850. The molecule has 0 amide bonds. The minimum Gasteiger partial charge on any atom is -0.611 e. The zero-order valence-electron chi connectivity index (χ0n) is 16.2. The molecule has 4 rings (SSSR count). The van der Waals surface area contributed by atoms with E-state index in [0.29, 0.717) is 5.56 Å². The second-order valence-corrected chi connectivity index (χ2v) is 9.43. The minimum atomic E-state index is -4.48. The Hall–Kier alpha value is -2.42. The van der Waals surface area contributed by atoms with Crippen LogP contribution >= 0.6 is 11.3 Å². The molecule has 0 radical (unpaired) electrons. The second kappa shape index (κ2) is 8.02. The fourth-order valence-electron chi connectivity index (χ4n) is 3.32. The SMILES string of the molecule is Cc1cc(C)c([S+]([O-])CC(F)(F)F)cc1-c1ccc2nc(-c3cccnc3)sc2c1. The Morgan fingerprint density at radius 3 is 2.53 bits per heavy atom. The van der Waals surface area contributed by atoms with Gasteiger partial charge in [0.1, 0.15) is 5.01 Å². The van der Waals surface area contributed by atoms with Gasteiger partial charge in [0, 0.05) is 29.6 Å². The van der Waals surface area contributed by atoms with E-state index in [-0.39, 0.29) is 4.90 Å². The smallest absolute Gasteiger partial charge is 0.433 e. The largest absolute Gasteiger partial charge is 0.611 e. The summed E-state index contributed by atoms with van der Waals surface area (Å²) < 4.78 is 51.5. The molecule has 8 heteroatoms. The number of hydrogen-bond acceptors (Lipinski definition) is 4. The first-order chi connectivity index (χ1) is 14.2. The molecule has 1 unspecified atom stereocenters. The number of aryl methyl sites for hydroxylation is 2. The zero-order valence-corrected chi connectivity index (χ0v) is 17.8. The third-order valence-electron chi connectivity index (χ3n) is 4.67. The Kier molecular flexibility index (Phi) is 5.57. The fraction of sp³-hybridized carbons (Fsp3) is 0.182. The van der Waals surface area contributed by atoms with E-state index in [0.717, 1.165) is 37.5 Å². The summed E-state index contributed by atoms with van der Waals surface area (Å²) in [6, 6.07) is 13.0.